The van der Waals surface area contributed by atoms with Crippen LogP contribution in [0, 0.1) is 5.92 Å². The molecule has 0 radical (unpaired) electrons. The number of thioether (sulfide) groups is 1. The normalized spacial score (nSPS) is 15.0. The smallest absolute Gasteiger partial charge is 0.251 e. The van der Waals surface area contributed by atoms with Crippen LogP contribution in [0.1, 0.15) is 28.8 Å². The van der Waals surface area contributed by atoms with Gasteiger partial charge in [-0.05, 0) is 47.6 Å². The van der Waals surface area contributed by atoms with Crippen LogP contribution in [0.2, 0.25) is 0 Å². The number of fused-ring (bicyclic) bond motifs is 1. The molecule has 1 aliphatic rings. The van der Waals surface area contributed by atoms with Crippen molar-refractivity contribution < 1.29 is 9.53 Å². The van der Waals surface area contributed by atoms with Crippen molar-refractivity contribution in [2.75, 3.05) is 62.1 Å². The van der Waals surface area contributed by atoms with Gasteiger partial charge in [0.05, 0.1) is 30.0 Å². The Morgan fingerprint density at radius 3 is 2.70 bits per heavy atom. The maximum atomic E-state index is 12.5. The molecule has 10 heteroatoms. The molecular formula is C30H35N7O2S. The van der Waals surface area contributed by atoms with Crippen LogP contribution in [-0.4, -0.2) is 77.7 Å². The van der Waals surface area contributed by atoms with Crippen LogP contribution in [0.3, 0.4) is 0 Å². The van der Waals surface area contributed by atoms with Gasteiger partial charge in [-0.3, -0.25) is 9.78 Å². The molecule has 2 N–H and O–H groups in total. The van der Waals surface area contributed by atoms with Gasteiger partial charge in [0, 0.05) is 56.1 Å². The van der Waals surface area contributed by atoms with Crippen LogP contribution in [0.4, 0.5) is 11.6 Å². The molecule has 9 nitrogen and oxygen atoms in total. The van der Waals surface area contributed by atoms with Gasteiger partial charge in [-0.15, -0.1) is 0 Å². The summed E-state index contributed by atoms with van der Waals surface area (Å²) in [4.78, 5) is 33.0. The van der Waals surface area contributed by atoms with Crippen molar-refractivity contribution in [2.24, 2.45) is 5.92 Å². The van der Waals surface area contributed by atoms with E-state index < -0.39 is 0 Å². The summed E-state index contributed by atoms with van der Waals surface area (Å²) >= 11 is 1.82. The topological polar surface area (TPSA) is 105 Å². The molecule has 4 aromatic rings. The second-order valence-corrected chi connectivity index (χ2v) is 10.8. The van der Waals surface area contributed by atoms with Gasteiger partial charge in [-0.2, -0.15) is 11.8 Å². The molecule has 1 aromatic carbocycles. The Hall–Kier alpha value is -3.76. The van der Waals surface area contributed by atoms with E-state index in [4.69, 9.17) is 4.74 Å². The summed E-state index contributed by atoms with van der Waals surface area (Å²) in [7, 11) is 1.65. The molecule has 0 aliphatic carbocycles. The van der Waals surface area contributed by atoms with E-state index in [1.165, 1.54) is 0 Å². The fourth-order valence-electron chi connectivity index (χ4n) is 5.14. The zero-order valence-corrected chi connectivity index (χ0v) is 23.9. The zero-order valence-electron chi connectivity index (χ0n) is 23.1. The number of aromatic nitrogens is 4. The number of anilines is 2. The number of hydrogen-bond acceptors (Lipinski definition) is 9. The van der Waals surface area contributed by atoms with Gasteiger partial charge in [-0.25, -0.2) is 15.0 Å². The van der Waals surface area contributed by atoms with Crippen molar-refractivity contribution >= 4 is 40.2 Å². The van der Waals surface area contributed by atoms with Crippen molar-refractivity contribution in [1.82, 2.24) is 25.3 Å². The second-order valence-electron chi connectivity index (χ2n) is 9.86. The highest BCUT2D eigenvalue weighted by Gasteiger charge is 2.23. The first kappa shape index (κ1) is 27.8. The lowest BCUT2D eigenvalue weighted by Gasteiger charge is -2.28. The molecule has 1 fully saturated rings. The number of para-hydroxylation sites is 1. The van der Waals surface area contributed by atoms with Crippen molar-refractivity contribution in [2.45, 2.75) is 12.8 Å². The van der Waals surface area contributed by atoms with Crippen LogP contribution in [0.25, 0.3) is 22.2 Å². The van der Waals surface area contributed by atoms with E-state index in [0.29, 0.717) is 24.7 Å². The SMILES string of the molecule is CNC(=O)c1ccnc2c(C(C)C(CNc3cc(-c4ccnc(N5CCOCC5)c4)ncn3)CSC)cccc12. The highest BCUT2D eigenvalue weighted by molar-refractivity contribution is 7.98. The molecule has 4 heterocycles. The number of morpholine rings is 1. The van der Waals surface area contributed by atoms with E-state index in [9.17, 15) is 4.79 Å². The number of nitrogens with zero attached hydrogens (tertiary/aromatic N) is 5. The van der Waals surface area contributed by atoms with Crippen molar-refractivity contribution in [3.8, 4) is 11.3 Å². The minimum absolute atomic E-state index is 0.106. The van der Waals surface area contributed by atoms with Gasteiger partial charge in [-0.1, -0.05) is 25.1 Å². The summed E-state index contributed by atoms with van der Waals surface area (Å²) in [5.41, 5.74) is 4.51. The Kier molecular flexibility index (Phi) is 9.08. The molecule has 3 aromatic heterocycles. The molecule has 2 atom stereocenters. The number of nitrogens with one attached hydrogen (secondary N) is 2. The van der Waals surface area contributed by atoms with Crippen LogP contribution in [0.15, 0.2) is 61.2 Å². The fourth-order valence-corrected chi connectivity index (χ4v) is 5.97. The average molecular weight is 558 g/mol. The van der Waals surface area contributed by atoms with Crippen molar-refractivity contribution in [3.63, 3.8) is 0 Å². The van der Waals surface area contributed by atoms with Gasteiger partial charge in [0.2, 0.25) is 0 Å². The summed E-state index contributed by atoms with van der Waals surface area (Å²) in [5.74, 6) is 3.08. The number of amides is 1. The summed E-state index contributed by atoms with van der Waals surface area (Å²) in [6.45, 7) is 6.07. The van der Waals surface area contributed by atoms with Crippen molar-refractivity contribution in [3.05, 3.63) is 72.3 Å². The van der Waals surface area contributed by atoms with E-state index in [1.54, 1.807) is 25.6 Å². The van der Waals surface area contributed by atoms with Gasteiger partial charge in [0.15, 0.2) is 0 Å². The summed E-state index contributed by atoms with van der Waals surface area (Å²) in [6.07, 6.45) is 7.29. The first-order chi connectivity index (χ1) is 19.6. The van der Waals surface area contributed by atoms with E-state index in [2.05, 4.69) is 60.8 Å². The number of carbonyl (C=O) groups is 1. The molecule has 1 amide bonds. The first-order valence-corrected chi connectivity index (χ1v) is 14.9. The number of ether oxygens (including phenoxy) is 1. The van der Waals surface area contributed by atoms with E-state index in [0.717, 1.165) is 64.7 Å². The second kappa shape index (κ2) is 13.1. The predicted octanol–water partition coefficient (Wildman–Crippen LogP) is 4.48. The van der Waals surface area contributed by atoms with E-state index >= 15 is 0 Å². The molecule has 1 aliphatic heterocycles. The maximum Gasteiger partial charge on any atom is 0.251 e. The Morgan fingerprint density at radius 1 is 1.07 bits per heavy atom. The summed E-state index contributed by atoms with van der Waals surface area (Å²) in [6, 6.07) is 13.9. The number of rotatable bonds is 10. The molecule has 1 saturated heterocycles. The number of benzene rings is 1. The Bertz CT molecular complexity index is 1460. The van der Waals surface area contributed by atoms with Gasteiger partial charge >= 0.3 is 0 Å². The monoisotopic (exact) mass is 557 g/mol. The van der Waals surface area contributed by atoms with Crippen LogP contribution < -0.4 is 15.5 Å². The number of carbonyl (C=O) groups excluding carboxylic acids is 1. The Labute approximate surface area is 239 Å². The van der Waals surface area contributed by atoms with Crippen LogP contribution >= 0.6 is 11.8 Å². The summed E-state index contributed by atoms with van der Waals surface area (Å²) in [5, 5.41) is 7.17. The lowest BCUT2D eigenvalue weighted by molar-refractivity contribution is 0.0964. The highest BCUT2D eigenvalue weighted by Crippen LogP contribution is 2.33. The number of pyridine rings is 2. The van der Waals surface area contributed by atoms with Crippen LogP contribution in [0.5, 0.6) is 0 Å². The molecule has 0 bridgehead atoms. The fraction of sp³-hybridized carbons (Fsp3) is 0.367. The lowest BCUT2D eigenvalue weighted by Crippen LogP contribution is -2.36. The third-order valence-electron chi connectivity index (χ3n) is 7.44. The average Bonchev–Trinajstić information content (AvgIpc) is 3.02. The first-order valence-electron chi connectivity index (χ1n) is 13.5. The standard InChI is InChI=1S/C30H35N7O2S/c1-20(23-5-4-6-24-25(30(38)31-2)8-10-33-29(23)24)22(18-40-3)17-34-27-16-26(35-19-36-27)21-7-9-32-28(15-21)37-11-13-39-14-12-37/h4-10,15-16,19-20,22H,11-14,17-18H2,1-3H3,(H,31,38)(H,34,35,36). The predicted molar refractivity (Wildman–Crippen MR) is 162 cm³/mol. The van der Waals surface area contributed by atoms with E-state index in [-0.39, 0.29) is 11.8 Å². The zero-order chi connectivity index (χ0) is 27.9. The molecule has 2 unspecified atom stereocenters. The molecular weight excluding hydrogens is 522 g/mol. The molecule has 5 rings (SSSR count). The third-order valence-corrected chi connectivity index (χ3v) is 8.20. The number of hydrogen-bond donors (Lipinski definition) is 2. The van der Waals surface area contributed by atoms with Crippen molar-refractivity contribution in [1.29, 1.82) is 0 Å². The quantitative estimate of drug-likeness (QED) is 0.292. The highest BCUT2D eigenvalue weighted by atomic mass is 32.2. The van der Waals surface area contributed by atoms with Gasteiger partial charge in [0.1, 0.15) is 18.0 Å². The maximum absolute atomic E-state index is 12.5. The minimum atomic E-state index is -0.106. The minimum Gasteiger partial charge on any atom is -0.378 e. The Morgan fingerprint density at radius 2 is 1.90 bits per heavy atom. The van der Waals surface area contributed by atoms with E-state index in [1.807, 2.05) is 42.2 Å². The van der Waals surface area contributed by atoms with Gasteiger partial charge < -0.3 is 20.3 Å². The lowest BCUT2D eigenvalue weighted by atomic mass is 9.86. The molecule has 0 spiro atoms. The van der Waals surface area contributed by atoms with Crippen LogP contribution in [-0.2, 0) is 4.74 Å². The molecule has 208 valence electrons. The summed E-state index contributed by atoms with van der Waals surface area (Å²) < 4.78 is 5.48. The molecule has 40 heavy (non-hydrogen) atoms. The Balaban J connectivity index is 1.34. The molecule has 0 saturated carbocycles. The third kappa shape index (κ3) is 6.18. The largest absolute Gasteiger partial charge is 0.378 e. The van der Waals surface area contributed by atoms with Gasteiger partial charge in [0.25, 0.3) is 5.91 Å².